The molecule has 2 N–H and O–H groups in total. The fraction of sp³-hybridized carbons (Fsp3) is 0.235. The lowest BCUT2D eigenvalue weighted by molar-refractivity contribution is 0.0781. The van der Waals surface area contributed by atoms with Gasteiger partial charge in [0.05, 0.1) is 12.7 Å². The Hall–Kier alpha value is -2.33. The molecular formula is C17H20N2O2. The van der Waals surface area contributed by atoms with Gasteiger partial charge in [0, 0.05) is 20.1 Å². The Morgan fingerprint density at radius 3 is 2.38 bits per heavy atom. The number of hydrogen-bond donors (Lipinski definition) is 1. The highest BCUT2D eigenvalue weighted by atomic mass is 16.5. The Morgan fingerprint density at radius 1 is 1.10 bits per heavy atom. The summed E-state index contributed by atoms with van der Waals surface area (Å²) in [7, 11) is 3.35. The molecule has 2 aromatic rings. The molecule has 0 bridgehead atoms. The second kappa shape index (κ2) is 6.90. The molecule has 110 valence electrons. The molecule has 0 saturated carbocycles. The van der Waals surface area contributed by atoms with Crippen molar-refractivity contribution in [3.63, 3.8) is 0 Å². The van der Waals surface area contributed by atoms with Gasteiger partial charge in [0.1, 0.15) is 5.75 Å². The average molecular weight is 284 g/mol. The first-order valence-electron chi connectivity index (χ1n) is 6.82. The zero-order chi connectivity index (χ0) is 15.2. The molecule has 0 fully saturated rings. The van der Waals surface area contributed by atoms with Gasteiger partial charge in [-0.25, -0.2) is 0 Å². The fourth-order valence-electron chi connectivity index (χ4n) is 2.27. The van der Waals surface area contributed by atoms with Crippen LogP contribution in [0.15, 0.2) is 48.5 Å². The molecule has 0 aliphatic carbocycles. The molecule has 2 rings (SSSR count). The van der Waals surface area contributed by atoms with Crippen LogP contribution in [-0.2, 0) is 13.1 Å². The van der Waals surface area contributed by atoms with Crippen molar-refractivity contribution in [2.75, 3.05) is 14.2 Å². The number of ether oxygens (including phenoxy) is 1. The number of amides is 1. The zero-order valence-electron chi connectivity index (χ0n) is 12.4. The first-order chi connectivity index (χ1) is 10.2. The van der Waals surface area contributed by atoms with E-state index in [-0.39, 0.29) is 5.91 Å². The van der Waals surface area contributed by atoms with E-state index in [2.05, 4.69) is 0 Å². The lowest BCUT2D eigenvalue weighted by atomic mass is 10.1. The summed E-state index contributed by atoms with van der Waals surface area (Å²) in [5.41, 5.74) is 8.41. The van der Waals surface area contributed by atoms with Crippen molar-refractivity contribution in [1.29, 1.82) is 0 Å². The molecule has 2 aromatic carbocycles. The molecule has 0 radical (unpaired) electrons. The predicted octanol–water partition coefficient (Wildman–Crippen LogP) is 2.43. The summed E-state index contributed by atoms with van der Waals surface area (Å²) in [6.07, 6.45) is 0. The number of nitrogens with zero attached hydrogens (tertiary/aromatic N) is 1. The summed E-state index contributed by atoms with van der Waals surface area (Å²) in [5.74, 6) is 0.515. The Morgan fingerprint density at radius 2 is 1.71 bits per heavy atom. The third-order valence-electron chi connectivity index (χ3n) is 3.43. The van der Waals surface area contributed by atoms with Gasteiger partial charge in [-0.2, -0.15) is 0 Å². The summed E-state index contributed by atoms with van der Waals surface area (Å²) < 4.78 is 5.24. The molecule has 1 amide bonds. The maximum atomic E-state index is 12.5. The summed E-state index contributed by atoms with van der Waals surface area (Å²) in [4.78, 5) is 14.2. The number of hydrogen-bond acceptors (Lipinski definition) is 3. The number of nitrogens with two attached hydrogens (primary N) is 1. The van der Waals surface area contributed by atoms with Gasteiger partial charge in [-0.05, 0) is 23.3 Å². The highest BCUT2D eigenvalue weighted by Gasteiger charge is 2.16. The minimum atomic E-state index is -0.0701. The van der Waals surface area contributed by atoms with Crippen LogP contribution in [0.25, 0.3) is 0 Å². The van der Waals surface area contributed by atoms with E-state index < -0.39 is 0 Å². The monoisotopic (exact) mass is 284 g/mol. The lowest BCUT2D eigenvalue weighted by Gasteiger charge is -2.20. The number of carbonyl (C=O) groups is 1. The SMILES string of the molecule is COc1ccccc1C(=O)N(C)Cc1ccccc1CN. The standard InChI is InChI=1S/C17H20N2O2/c1-19(12-14-8-4-3-7-13(14)11-18)17(20)15-9-5-6-10-16(15)21-2/h3-10H,11-12,18H2,1-2H3. The van der Waals surface area contributed by atoms with Crippen molar-refractivity contribution < 1.29 is 9.53 Å². The van der Waals surface area contributed by atoms with Gasteiger partial charge in [0.25, 0.3) is 5.91 Å². The Balaban J connectivity index is 2.20. The van der Waals surface area contributed by atoms with E-state index in [0.29, 0.717) is 24.4 Å². The second-order valence-electron chi connectivity index (χ2n) is 4.83. The molecule has 0 spiro atoms. The van der Waals surface area contributed by atoms with Crippen LogP contribution in [0.4, 0.5) is 0 Å². The van der Waals surface area contributed by atoms with E-state index in [1.165, 1.54) is 0 Å². The first-order valence-corrected chi connectivity index (χ1v) is 6.82. The van der Waals surface area contributed by atoms with Crippen LogP contribution in [0.2, 0.25) is 0 Å². The fourth-order valence-corrected chi connectivity index (χ4v) is 2.27. The van der Waals surface area contributed by atoms with E-state index in [1.54, 1.807) is 31.2 Å². The Labute approximate surface area is 125 Å². The number of carbonyl (C=O) groups excluding carboxylic acids is 1. The van der Waals surface area contributed by atoms with Gasteiger partial charge in [-0.15, -0.1) is 0 Å². The van der Waals surface area contributed by atoms with Crippen LogP contribution in [-0.4, -0.2) is 25.0 Å². The predicted molar refractivity (Wildman–Crippen MR) is 83.1 cm³/mol. The van der Waals surface area contributed by atoms with Crippen molar-refractivity contribution in [2.45, 2.75) is 13.1 Å². The quantitative estimate of drug-likeness (QED) is 0.917. The van der Waals surface area contributed by atoms with E-state index in [0.717, 1.165) is 11.1 Å². The summed E-state index contributed by atoms with van der Waals surface area (Å²) in [5, 5.41) is 0. The Bertz CT molecular complexity index is 626. The summed E-state index contributed by atoms with van der Waals surface area (Å²) >= 11 is 0. The van der Waals surface area contributed by atoms with Crippen molar-refractivity contribution >= 4 is 5.91 Å². The van der Waals surface area contributed by atoms with Crippen LogP contribution in [0.1, 0.15) is 21.5 Å². The molecule has 4 heteroatoms. The van der Waals surface area contributed by atoms with Crippen LogP contribution in [0.3, 0.4) is 0 Å². The molecule has 0 aliphatic rings. The number of rotatable bonds is 5. The molecule has 21 heavy (non-hydrogen) atoms. The van der Waals surface area contributed by atoms with Crippen molar-refractivity contribution in [3.05, 3.63) is 65.2 Å². The molecule has 0 unspecified atom stereocenters. The molecule has 4 nitrogen and oxygen atoms in total. The van der Waals surface area contributed by atoms with E-state index in [4.69, 9.17) is 10.5 Å². The van der Waals surface area contributed by atoms with Crippen molar-refractivity contribution in [2.24, 2.45) is 5.73 Å². The van der Waals surface area contributed by atoms with E-state index in [1.807, 2.05) is 36.4 Å². The largest absolute Gasteiger partial charge is 0.496 e. The third-order valence-corrected chi connectivity index (χ3v) is 3.43. The summed E-state index contributed by atoms with van der Waals surface area (Å²) in [6.45, 7) is 0.983. The van der Waals surface area contributed by atoms with Gasteiger partial charge < -0.3 is 15.4 Å². The normalized spacial score (nSPS) is 10.2. The molecule has 0 aromatic heterocycles. The van der Waals surface area contributed by atoms with E-state index in [9.17, 15) is 4.79 Å². The Kier molecular flexibility index (Phi) is 4.95. The van der Waals surface area contributed by atoms with Crippen LogP contribution in [0.5, 0.6) is 5.75 Å². The van der Waals surface area contributed by atoms with Crippen LogP contribution in [0, 0.1) is 0 Å². The number of benzene rings is 2. The minimum absolute atomic E-state index is 0.0701. The van der Waals surface area contributed by atoms with E-state index >= 15 is 0 Å². The van der Waals surface area contributed by atoms with Gasteiger partial charge in [-0.1, -0.05) is 36.4 Å². The summed E-state index contributed by atoms with van der Waals surface area (Å²) in [6, 6.07) is 15.1. The second-order valence-corrected chi connectivity index (χ2v) is 4.83. The topological polar surface area (TPSA) is 55.6 Å². The van der Waals surface area contributed by atoms with Crippen LogP contribution < -0.4 is 10.5 Å². The zero-order valence-corrected chi connectivity index (χ0v) is 12.4. The molecule has 0 heterocycles. The first kappa shape index (κ1) is 15.1. The van der Waals surface area contributed by atoms with Gasteiger partial charge in [0.15, 0.2) is 0 Å². The van der Waals surface area contributed by atoms with Crippen LogP contribution >= 0.6 is 0 Å². The minimum Gasteiger partial charge on any atom is -0.496 e. The lowest BCUT2D eigenvalue weighted by Crippen LogP contribution is -2.27. The highest BCUT2D eigenvalue weighted by molar-refractivity contribution is 5.96. The maximum absolute atomic E-state index is 12.5. The molecule has 0 aliphatic heterocycles. The van der Waals surface area contributed by atoms with Crippen molar-refractivity contribution in [3.8, 4) is 5.75 Å². The maximum Gasteiger partial charge on any atom is 0.257 e. The van der Waals surface area contributed by atoms with Crippen molar-refractivity contribution in [1.82, 2.24) is 4.90 Å². The molecule has 0 saturated heterocycles. The highest BCUT2D eigenvalue weighted by Crippen LogP contribution is 2.20. The smallest absolute Gasteiger partial charge is 0.257 e. The molecular weight excluding hydrogens is 264 g/mol. The molecule has 0 atom stereocenters. The van der Waals surface area contributed by atoms with Gasteiger partial charge in [-0.3, -0.25) is 4.79 Å². The third kappa shape index (κ3) is 3.41. The van der Waals surface area contributed by atoms with Gasteiger partial charge >= 0.3 is 0 Å². The number of para-hydroxylation sites is 1. The average Bonchev–Trinajstić information content (AvgIpc) is 2.54. The number of methoxy groups -OCH3 is 1. The van der Waals surface area contributed by atoms with Gasteiger partial charge in [0.2, 0.25) is 0 Å².